The van der Waals surface area contributed by atoms with Gasteiger partial charge in [0.1, 0.15) is 12.1 Å². The monoisotopic (exact) mass is 445 g/mol. The Balaban J connectivity index is 1.78. The van der Waals surface area contributed by atoms with E-state index in [9.17, 15) is 18.9 Å². The van der Waals surface area contributed by atoms with E-state index in [0.29, 0.717) is 15.4 Å². The number of nitriles is 2. The number of hydrogen-bond donors (Lipinski definition) is 0. The van der Waals surface area contributed by atoms with Gasteiger partial charge in [0.2, 0.25) is 29.1 Å². The Kier molecular flexibility index (Phi) is 5.23. The van der Waals surface area contributed by atoms with Gasteiger partial charge in [-0.2, -0.15) is 28.9 Å². The van der Waals surface area contributed by atoms with Crippen LogP contribution in [0.2, 0.25) is 0 Å². The Bertz CT molecular complexity index is 1470. The van der Waals surface area contributed by atoms with Crippen LogP contribution in [0.3, 0.4) is 0 Å². The van der Waals surface area contributed by atoms with Crippen LogP contribution in [0, 0.1) is 29.6 Å². The number of rotatable bonds is 5. The molecule has 4 aromatic rings. The molecule has 0 spiro atoms. The molecule has 0 saturated heterocycles. The van der Waals surface area contributed by atoms with Crippen molar-refractivity contribution in [3.05, 3.63) is 71.5 Å². The quantitative estimate of drug-likeness (QED) is 0.451. The first-order valence-electron chi connectivity index (χ1n) is 9.28. The standard InChI is InChI=1S/C22H15N5O4S/c1-14-8-10-16(11-9-14)20-26-18(13-24)22(31-20)32(28,29)27(2)21-17(12-23)25-19(30-21)15-6-4-3-5-7-15/h3-11H,1-2H3. The van der Waals surface area contributed by atoms with Crippen molar-refractivity contribution in [1.29, 1.82) is 10.5 Å². The minimum absolute atomic E-state index is 0.0171. The number of hydrogen-bond acceptors (Lipinski definition) is 8. The fourth-order valence-corrected chi connectivity index (χ4v) is 4.02. The molecule has 0 aliphatic heterocycles. The molecule has 0 amide bonds. The summed E-state index contributed by atoms with van der Waals surface area (Å²) < 4.78 is 38.4. The second-order valence-electron chi connectivity index (χ2n) is 6.76. The molecule has 0 aliphatic carbocycles. The zero-order valence-electron chi connectivity index (χ0n) is 17.0. The lowest BCUT2D eigenvalue weighted by Crippen LogP contribution is -2.27. The Morgan fingerprint density at radius 1 is 0.844 bits per heavy atom. The van der Waals surface area contributed by atoms with Gasteiger partial charge < -0.3 is 8.83 Å². The van der Waals surface area contributed by atoms with E-state index in [-0.39, 0.29) is 23.4 Å². The maximum atomic E-state index is 13.3. The molecule has 0 unspecified atom stereocenters. The third kappa shape index (κ3) is 3.60. The molecule has 4 rings (SSSR count). The van der Waals surface area contributed by atoms with Gasteiger partial charge in [-0.3, -0.25) is 0 Å². The molecule has 0 fully saturated rings. The van der Waals surface area contributed by atoms with Crippen molar-refractivity contribution in [2.24, 2.45) is 0 Å². The van der Waals surface area contributed by atoms with Crippen LogP contribution >= 0.6 is 0 Å². The third-order valence-corrected chi connectivity index (χ3v) is 6.25. The van der Waals surface area contributed by atoms with Crippen LogP contribution in [0.15, 0.2) is 68.5 Å². The zero-order valence-corrected chi connectivity index (χ0v) is 17.8. The number of aryl methyl sites for hydroxylation is 1. The summed E-state index contributed by atoms with van der Waals surface area (Å²) in [6.07, 6.45) is 0. The van der Waals surface area contributed by atoms with Crippen LogP contribution in [0.25, 0.3) is 22.9 Å². The number of benzene rings is 2. The van der Waals surface area contributed by atoms with E-state index in [1.165, 1.54) is 7.05 Å². The average molecular weight is 445 g/mol. The normalized spacial score (nSPS) is 11.0. The lowest BCUT2D eigenvalue weighted by atomic mass is 10.1. The summed E-state index contributed by atoms with van der Waals surface area (Å²) >= 11 is 0. The van der Waals surface area contributed by atoms with Gasteiger partial charge in [0.25, 0.3) is 5.09 Å². The van der Waals surface area contributed by atoms with E-state index in [4.69, 9.17) is 8.83 Å². The lowest BCUT2D eigenvalue weighted by Gasteiger charge is -2.14. The van der Waals surface area contributed by atoms with Gasteiger partial charge in [-0.25, -0.2) is 4.31 Å². The molecule has 10 heteroatoms. The van der Waals surface area contributed by atoms with Crippen LogP contribution < -0.4 is 4.31 Å². The molecule has 2 aromatic heterocycles. The minimum Gasteiger partial charge on any atom is -0.421 e. The first kappa shape index (κ1) is 20.8. The molecular weight excluding hydrogens is 430 g/mol. The summed E-state index contributed by atoms with van der Waals surface area (Å²) in [6, 6.07) is 19.3. The summed E-state index contributed by atoms with van der Waals surface area (Å²) in [6.45, 7) is 1.90. The van der Waals surface area contributed by atoms with Crippen molar-refractivity contribution in [2.75, 3.05) is 11.4 Å². The fraction of sp³-hybridized carbons (Fsp3) is 0.0909. The molecule has 0 bridgehead atoms. The average Bonchev–Trinajstić information content (AvgIpc) is 3.44. The second-order valence-corrected chi connectivity index (χ2v) is 8.62. The summed E-state index contributed by atoms with van der Waals surface area (Å²) in [7, 11) is -3.25. The minimum atomic E-state index is -4.43. The van der Waals surface area contributed by atoms with Crippen molar-refractivity contribution < 1.29 is 17.3 Å². The van der Waals surface area contributed by atoms with Gasteiger partial charge in [0.05, 0.1) is 0 Å². The van der Waals surface area contributed by atoms with Crippen molar-refractivity contribution in [2.45, 2.75) is 12.0 Å². The van der Waals surface area contributed by atoms with E-state index in [1.807, 2.05) is 25.1 Å². The molecule has 0 atom stereocenters. The highest BCUT2D eigenvalue weighted by Crippen LogP contribution is 2.33. The first-order valence-corrected chi connectivity index (χ1v) is 10.7. The highest BCUT2D eigenvalue weighted by molar-refractivity contribution is 7.92. The van der Waals surface area contributed by atoms with E-state index in [2.05, 4.69) is 9.97 Å². The smallest absolute Gasteiger partial charge is 0.303 e. The molecule has 9 nitrogen and oxygen atoms in total. The molecule has 2 heterocycles. The van der Waals surface area contributed by atoms with E-state index < -0.39 is 20.8 Å². The molecule has 0 aliphatic rings. The maximum Gasteiger partial charge on any atom is 0.303 e. The van der Waals surface area contributed by atoms with Gasteiger partial charge in [-0.1, -0.05) is 35.9 Å². The Morgan fingerprint density at radius 3 is 2.03 bits per heavy atom. The number of nitrogens with zero attached hydrogens (tertiary/aromatic N) is 5. The number of anilines is 1. The number of aromatic nitrogens is 2. The van der Waals surface area contributed by atoms with Crippen LogP contribution in [0.1, 0.15) is 17.0 Å². The Hall–Kier alpha value is -4.41. The van der Waals surface area contributed by atoms with Crippen LogP contribution in [0.4, 0.5) is 5.88 Å². The first-order chi connectivity index (χ1) is 15.3. The molecule has 0 radical (unpaired) electrons. The zero-order chi connectivity index (χ0) is 22.9. The van der Waals surface area contributed by atoms with Crippen molar-refractivity contribution in [1.82, 2.24) is 9.97 Å². The van der Waals surface area contributed by atoms with E-state index in [1.54, 1.807) is 48.5 Å². The van der Waals surface area contributed by atoms with Crippen molar-refractivity contribution in [3.63, 3.8) is 0 Å². The van der Waals surface area contributed by atoms with Gasteiger partial charge >= 0.3 is 10.0 Å². The summed E-state index contributed by atoms with van der Waals surface area (Å²) in [5.41, 5.74) is 1.44. The lowest BCUT2D eigenvalue weighted by molar-refractivity contribution is 0.455. The fourth-order valence-electron chi connectivity index (χ4n) is 2.91. The highest BCUT2D eigenvalue weighted by Gasteiger charge is 2.35. The third-order valence-electron chi connectivity index (χ3n) is 4.62. The molecule has 0 N–H and O–H groups in total. The Labute approximate surface area is 183 Å². The summed E-state index contributed by atoms with van der Waals surface area (Å²) in [4.78, 5) is 8.11. The Morgan fingerprint density at radius 2 is 1.41 bits per heavy atom. The maximum absolute atomic E-state index is 13.3. The van der Waals surface area contributed by atoms with Gasteiger partial charge in [0.15, 0.2) is 0 Å². The second kappa shape index (κ2) is 8.02. The predicted octanol–water partition coefficient (Wildman–Crippen LogP) is 3.87. The molecule has 32 heavy (non-hydrogen) atoms. The molecule has 0 saturated carbocycles. The van der Waals surface area contributed by atoms with Crippen molar-refractivity contribution >= 4 is 15.9 Å². The van der Waals surface area contributed by atoms with Crippen LogP contribution in [-0.2, 0) is 10.0 Å². The van der Waals surface area contributed by atoms with Crippen molar-refractivity contribution in [3.8, 4) is 35.0 Å². The molecule has 2 aromatic carbocycles. The van der Waals surface area contributed by atoms with E-state index in [0.717, 1.165) is 5.56 Å². The predicted molar refractivity (Wildman–Crippen MR) is 114 cm³/mol. The molecular formula is C22H15N5O4S. The molecule has 158 valence electrons. The summed E-state index contributed by atoms with van der Waals surface area (Å²) in [5, 5.41) is 18.3. The van der Waals surface area contributed by atoms with Gasteiger partial charge in [0, 0.05) is 18.2 Å². The number of sulfonamides is 1. The highest BCUT2D eigenvalue weighted by atomic mass is 32.2. The topological polar surface area (TPSA) is 137 Å². The van der Waals surface area contributed by atoms with Crippen LogP contribution in [-0.4, -0.2) is 25.4 Å². The number of oxazole rings is 2. The van der Waals surface area contributed by atoms with Gasteiger partial charge in [-0.05, 0) is 31.2 Å². The summed E-state index contributed by atoms with van der Waals surface area (Å²) in [5.74, 6) is -0.238. The van der Waals surface area contributed by atoms with Gasteiger partial charge in [-0.15, -0.1) is 0 Å². The van der Waals surface area contributed by atoms with Crippen LogP contribution in [0.5, 0.6) is 0 Å². The van der Waals surface area contributed by atoms with E-state index >= 15 is 0 Å². The largest absolute Gasteiger partial charge is 0.421 e. The SMILES string of the molecule is Cc1ccc(-c2nc(C#N)c(S(=O)(=O)N(C)c3oc(-c4ccccc4)nc3C#N)o2)cc1.